The van der Waals surface area contributed by atoms with Crippen molar-refractivity contribution in [3.05, 3.63) is 253 Å². The molecule has 12 rings (SSSR count). The minimum Gasteiger partial charge on any atom is -0.353 e. The summed E-state index contributed by atoms with van der Waals surface area (Å²) in [5.41, 5.74) is 17.4. The van der Waals surface area contributed by atoms with Gasteiger partial charge in [0, 0.05) is 50.6 Å². The molecule has 1 aliphatic carbocycles. The van der Waals surface area contributed by atoms with Gasteiger partial charge in [0.25, 0.3) is 0 Å². The molecule has 60 heavy (non-hydrogen) atoms. The standard InChI is InChI=1S/C57H39N3/c1-4-14-39(15-5-1)40-24-27-45(28-25-40)60(46-31-29-44(30-32-46)59-37-36-41-26-34-51-50-21-11-13-23-54(50)58-55(51)56(41)59)47-33-35-49-48-20-10-12-22-52(48)57(53(49)38-47,42-16-6-2-7-17-42)43-18-8-3-9-19-43/h1-38,58H. The van der Waals surface area contributed by atoms with E-state index in [1.807, 2.05) is 0 Å². The van der Waals surface area contributed by atoms with Crippen LogP contribution in [0.25, 0.3) is 60.6 Å². The fourth-order valence-electron chi connectivity index (χ4n) is 9.97. The number of benzene rings is 9. The first-order valence-corrected chi connectivity index (χ1v) is 20.7. The molecule has 0 bridgehead atoms. The van der Waals surface area contributed by atoms with Gasteiger partial charge < -0.3 is 14.5 Å². The van der Waals surface area contributed by atoms with Gasteiger partial charge in [0.1, 0.15) is 0 Å². The average molecular weight is 766 g/mol. The maximum absolute atomic E-state index is 3.73. The number of nitrogens with zero attached hydrogens (tertiary/aromatic N) is 2. The summed E-state index contributed by atoms with van der Waals surface area (Å²) in [5, 5.41) is 3.69. The van der Waals surface area contributed by atoms with Crippen molar-refractivity contribution in [3.8, 4) is 27.9 Å². The van der Waals surface area contributed by atoms with Crippen molar-refractivity contribution in [2.75, 3.05) is 4.90 Å². The predicted octanol–water partition coefficient (Wildman–Crippen LogP) is 14.8. The molecule has 1 aliphatic rings. The quantitative estimate of drug-likeness (QED) is 0.172. The zero-order chi connectivity index (χ0) is 39.6. The number of nitrogens with one attached hydrogen (secondary N) is 1. The van der Waals surface area contributed by atoms with Crippen LogP contribution in [0.1, 0.15) is 22.3 Å². The third-order valence-corrected chi connectivity index (χ3v) is 12.6. The Labute approximate surface area is 349 Å². The van der Waals surface area contributed by atoms with E-state index in [2.05, 4.69) is 245 Å². The van der Waals surface area contributed by atoms with E-state index in [-0.39, 0.29) is 0 Å². The van der Waals surface area contributed by atoms with Gasteiger partial charge in [-0.3, -0.25) is 0 Å². The number of anilines is 3. The van der Waals surface area contributed by atoms with Gasteiger partial charge >= 0.3 is 0 Å². The summed E-state index contributed by atoms with van der Waals surface area (Å²) in [5.74, 6) is 0. The Bertz CT molecular complexity index is 3300. The molecule has 0 atom stereocenters. The largest absolute Gasteiger partial charge is 0.353 e. The zero-order valence-corrected chi connectivity index (χ0v) is 32.8. The number of fused-ring (bicyclic) bond motifs is 8. The van der Waals surface area contributed by atoms with Gasteiger partial charge in [0.15, 0.2) is 0 Å². The van der Waals surface area contributed by atoms with Gasteiger partial charge in [0.05, 0.1) is 16.4 Å². The minimum absolute atomic E-state index is 0.499. The molecule has 0 spiro atoms. The maximum Gasteiger partial charge on any atom is 0.0771 e. The molecule has 282 valence electrons. The highest BCUT2D eigenvalue weighted by atomic mass is 15.1. The first-order chi connectivity index (χ1) is 29.8. The van der Waals surface area contributed by atoms with Crippen molar-refractivity contribution in [2.45, 2.75) is 5.41 Å². The molecule has 9 aromatic carbocycles. The number of aromatic amines is 1. The number of aromatic nitrogens is 2. The van der Waals surface area contributed by atoms with Crippen LogP contribution in [-0.4, -0.2) is 9.55 Å². The van der Waals surface area contributed by atoms with Crippen LogP contribution in [-0.2, 0) is 5.41 Å². The molecule has 0 radical (unpaired) electrons. The molecule has 3 nitrogen and oxygen atoms in total. The fourth-order valence-corrected chi connectivity index (χ4v) is 9.97. The lowest BCUT2D eigenvalue weighted by Crippen LogP contribution is -2.28. The van der Waals surface area contributed by atoms with E-state index in [1.165, 1.54) is 66.2 Å². The number of hydrogen-bond acceptors (Lipinski definition) is 1. The van der Waals surface area contributed by atoms with Gasteiger partial charge in [-0.15, -0.1) is 0 Å². The Kier molecular flexibility index (Phi) is 7.76. The highest BCUT2D eigenvalue weighted by Crippen LogP contribution is 2.57. The molecular formula is C57H39N3. The lowest BCUT2D eigenvalue weighted by molar-refractivity contribution is 0.768. The summed E-state index contributed by atoms with van der Waals surface area (Å²) in [7, 11) is 0. The van der Waals surface area contributed by atoms with E-state index in [1.54, 1.807) is 0 Å². The van der Waals surface area contributed by atoms with Crippen molar-refractivity contribution in [1.82, 2.24) is 9.55 Å². The van der Waals surface area contributed by atoms with E-state index in [4.69, 9.17) is 0 Å². The van der Waals surface area contributed by atoms with Crippen molar-refractivity contribution < 1.29 is 0 Å². The van der Waals surface area contributed by atoms with Crippen LogP contribution in [0.5, 0.6) is 0 Å². The van der Waals surface area contributed by atoms with Gasteiger partial charge in [-0.25, -0.2) is 0 Å². The van der Waals surface area contributed by atoms with Gasteiger partial charge in [-0.1, -0.05) is 164 Å². The van der Waals surface area contributed by atoms with Crippen LogP contribution in [0.15, 0.2) is 231 Å². The molecule has 0 fully saturated rings. The molecule has 0 saturated heterocycles. The average Bonchev–Trinajstić information content (AvgIpc) is 4.01. The second kappa shape index (κ2) is 13.6. The molecule has 0 unspecified atom stereocenters. The summed E-state index contributed by atoms with van der Waals surface area (Å²) in [6.07, 6.45) is 2.19. The van der Waals surface area contributed by atoms with E-state index >= 15 is 0 Å². The lowest BCUT2D eigenvalue weighted by atomic mass is 9.67. The van der Waals surface area contributed by atoms with Crippen LogP contribution < -0.4 is 4.90 Å². The Hall–Kier alpha value is -7.88. The first kappa shape index (κ1) is 34.2. The van der Waals surface area contributed by atoms with Crippen LogP contribution in [0.3, 0.4) is 0 Å². The zero-order valence-electron chi connectivity index (χ0n) is 32.8. The highest BCUT2D eigenvalue weighted by molar-refractivity contribution is 6.16. The molecule has 2 heterocycles. The molecule has 3 heteroatoms. The van der Waals surface area contributed by atoms with Crippen LogP contribution in [0.4, 0.5) is 17.1 Å². The molecule has 2 aromatic heterocycles. The first-order valence-electron chi connectivity index (χ1n) is 20.7. The van der Waals surface area contributed by atoms with Crippen molar-refractivity contribution >= 4 is 49.8 Å². The summed E-state index contributed by atoms with van der Waals surface area (Å²) in [6.45, 7) is 0. The lowest BCUT2D eigenvalue weighted by Gasteiger charge is -2.35. The normalized spacial score (nSPS) is 12.8. The monoisotopic (exact) mass is 765 g/mol. The Morgan fingerprint density at radius 3 is 1.73 bits per heavy atom. The maximum atomic E-state index is 3.73. The number of H-pyrrole nitrogens is 1. The topological polar surface area (TPSA) is 24.0 Å². The number of rotatable bonds is 7. The Balaban J connectivity index is 1.04. The van der Waals surface area contributed by atoms with E-state index in [0.717, 1.165) is 33.8 Å². The minimum atomic E-state index is -0.499. The van der Waals surface area contributed by atoms with Crippen molar-refractivity contribution in [2.24, 2.45) is 0 Å². The molecule has 0 amide bonds. The van der Waals surface area contributed by atoms with E-state index in [9.17, 15) is 0 Å². The second-order valence-electron chi connectivity index (χ2n) is 15.8. The second-order valence-corrected chi connectivity index (χ2v) is 15.8. The van der Waals surface area contributed by atoms with Gasteiger partial charge in [0.2, 0.25) is 0 Å². The molecule has 0 saturated carbocycles. The highest BCUT2D eigenvalue weighted by Gasteiger charge is 2.46. The van der Waals surface area contributed by atoms with Crippen LogP contribution in [0.2, 0.25) is 0 Å². The fraction of sp³-hybridized carbons (Fsp3) is 0.0175. The summed E-state index contributed by atoms with van der Waals surface area (Å²) in [6, 6.07) is 82.0. The Morgan fingerprint density at radius 1 is 0.417 bits per heavy atom. The third kappa shape index (κ3) is 5.16. The third-order valence-electron chi connectivity index (χ3n) is 12.6. The molecule has 0 aliphatic heterocycles. The van der Waals surface area contributed by atoms with E-state index < -0.39 is 5.41 Å². The van der Waals surface area contributed by atoms with Crippen LogP contribution in [0, 0.1) is 0 Å². The van der Waals surface area contributed by atoms with Gasteiger partial charge in [-0.05, 0) is 105 Å². The molecular weight excluding hydrogens is 727 g/mol. The summed E-state index contributed by atoms with van der Waals surface area (Å²) in [4.78, 5) is 6.14. The predicted molar refractivity (Wildman–Crippen MR) is 250 cm³/mol. The molecule has 1 N–H and O–H groups in total. The van der Waals surface area contributed by atoms with Crippen LogP contribution >= 0.6 is 0 Å². The van der Waals surface area contributed by atoms with Gasteiger partial charge in [-0.2, -0.15) is 0 Å². The van der Waals surface area contributed by atoms with Crippen molar-refractivity contribution in [3.63, 3.8) is 0 Å². The number of para-hydroxylation sites is 1. The summed E-state index contributed by atoms with van der Waals surface area (Å²) < 4.78 is 2.32. The number of hydrogen-bond donors (Lipinski definition) is 1. The Morgan fingerprint density at radius 2 is 1.00 bits per heavy atom. The smallest absolute Gasteiger partial charge is 0.0771 e. The molecule has 11 aromatic rings. The van der Waals surface area contributed by atoms with Crippen molar-refractivity contribution in [1.29, 1.82) is 0 Å². The summed E-state index contributed by atoms with van der Waals surface area (Å²) >= 11 is 0. The SMILES string of the molecule is c1ccc(-c2ccc(N(c3ccc(-n4ccc5ccc6c7ccccc7[nH]c6c54)cc3)c3ccc4c(c3)C(c3ccccc3)(c3ccccc3)c3ccccc3-4)cc2)cc1. The van der Waals surface area contributed by atoms with E-state index in [0.29, 0.717) is 0 Å².